The Balaban J connectivity index is 1.40. The average Bonchev–Trinajstić information content (AvgIpc) is 3.22. The van der Waals surface area contributed by atoms with Gasteiger partial charge in [-0.05, 0) is 101 Å². The van der Waals surface area contributed by atoms with Gasteiger partial charge in [0.2, 0.25) is 11.8 Å². The lowest BCUT2D eigenvalue weighted by Gasteiger charge is -2.24. The van der Waals surface area contributed by atoms with E-state index in [0.29, 0.717) is 33.4 Å². The van der Waals surface area contributed by atoms with Crippen LogP contribution in [0.2, 0.25) is 0 Å². The van der Waals surface area contributed by atoms with Gasteiger partial charge in [0, 0.05) is 36.1 Å². The molecular weight excluding hydrogens is 785 g/mol. The van der Waals surface area contributed by atoms with E-state index in [4.69, 9.17) is 5.73 Å². The molecule has 0 saturated heterocycles. The molecule has 0 aliphatic carbocycles. The fraction of sp³-hybridized carbons (Fsp3) is 0.200. The van der Waals surface area contributed by atoms with Crippen LogP contribution in [0, 0.1) is 17.2 Å². The molecule has 5 aromatic carbocycles. The largest absolute Gasteiger partial charge is 0.524 e. The minimum absolute atomic E-state index is 0.0393. The molecule has 308 valence electrons. The number of carbonyl (C=O) groups excluding carboxylic acids is 5. The number of phosphoric ester groups is 1. The summed E-state index contributed by atoms with van der Waals surface area (Å²) in [7, 11) is -4.82. The molecule has 0 heterocycles. The molecule has 0 saturated carbocycles. The van der Waals surface area contributed by atoms with Crippen LogP contribution in [0.4, 0.5) is 0 Å². The number of amides is 4. The van der Waals surface area contributed by atoms with E-state index in [1.807, 2.05) is 50.2 Å². The first kappa shape index (κ1) is 44.2. The highest BCUT2D eigenvalue weighted by atomic mass is 31.2. The maximum atomic E-state index is 14.1. The van der Waals surface area contributed by atoms with Gasteiger partial charge in [-0.2, -0.15) is 5.26 Å². The van der Waals surface area contributed by atoms with Gasteiger partial charge in [-0.3, -0.25) is 33.8 Å². The van der Waals surface area contributed by atoms with E-state index in [1.54, 1.807) is 42.5 Å². The van der Waals surface area contributed by atoms with Crippen molar-refractivity contribution in [2.24, 2.45) is 11.7 Å². The lowest BCUT2D eigenvalue weighted by molar-refractivity contribution is -0.129. The lowest BCUT2D eigenvalue weighted by Crippen LogP contribution is -2.53. The number of primary amides is 1. The van der Waals surface area contributed by atoms with Crippen LogP contribution < -0.4 is 26.2 Å². The molecule has 7 N–H and O–H groups in total. The van der Waals surface area contributed by atoms with Gasteiger partial charge in [0.25, 0.3) is 11.8 Å². The summed E-state index contributed by atoms with van der Waals surface area (Å²) in [5.74, 6) is -2.71. The summed E-state index contributed by atoms with van der Waals surface area (Å²) in [5.41, 5.74) is 9.68. The normalized spacial score (nSPS) is 12.1. The zero-order chi connectivity index (χ0) is 43.4. The average molecular weight is 830 g/mol. The molecule has 60 heavy (non-hydrogen) atoms. The van der Waals surface area contributed by atoms with Crippen molar-refractivity contribution in [2.45, 2.75) is 51.7 Å². The van der Waals surface area contributed by atoms with Gasteiger partial charge in [-0.15, -0.1) is 0 Å². The standard InChI is InChI=1S/C45H44N5O9P/c1-28(2)22-39(49-45(55)40(50-43(53)35-13-8-30(26-46)9-14-35)24-29-10-19-36(20-11-29)59-60(56,57)58)41(51)25-32-12-21-37(44(54)48-27-31-6-4-3-5-7-31)38(23-32)33-15-17-34(18-16-33)42(47)52/h3-21,23,28,39-40H,22,24-25,27H2,1-2H3,(H2,47,52)(H,48,54)(H,49,55)(H,50,53)(H2,56,57,58)/t39-,40-/m0/s1. The van der Waals surface area contributed by atoms with Gasteiger partial charge >= 0.3 is 7.82 Å². The lowest BCUT2D eigenvalue weighted by atomic mass is 9.91. The number of nitrogens with two attached hydrogens (primary N) is 1. The molecule has 0 aliphatic rings. The number of benzene rings is 5. The molecule has 4 amide bonds. The highest BCUT2D eigenvalue weighted by molar-refractivity contribution is 7.46. The van der Waals surface area contributed by atoms with Crippen molar-refractivity contribution in [1.82, 2.24) is 16.0 Å². The highest BCUT2D eigenvalue weighted by Gasteiger charge is 2.29. The number of Topliss-reactive ketones (excluding diaryl/α,β-unsaturated/α-hetero) is 1. The van der Waals surface area contributed by atoms with Crippen LogP contribution >= 0.6 is 7.82 Å². The number of nitrogens with zero attached hydrogens (tertiary/aromatic N) is 1. The molecule has 0 spiro atoms. The molecule has 14 nitrogen and oxygen atoms in total. The molecule has 2 atom stereocenters. The molecule has 5 rings (SSSR count). The van der Waals surface area contributed by atoms with Gasteiger partial charge in [-0.25, -0.2) is 4.57 Å². The zero-order valence-corrected chi connectivity index (χ0v) is 33.7. The van der Waals surface area contributed by atoms with Crippen molar-refractivity contribution in [3.05, 3.63) is 160 Å². The third-order valence-corrected chi connectivity index (χ3v) is 9.83. The van der Waals surface area contributed by atoms with Crippen molar-refractivity contribution in [3.8, 4) is 22.9 Å². The van der Waals surface area contributed by atoms with Crippen molar-refractivity contribution in [3.63, 3.8) is 0 Å². The zero-order valence-electron chi connectivity index (χ0n) is 32.8. The topological polar surface area (TPSA) is 238 Å². The van der Waals surface area contributed by atoms with E-state index in [9.17, 15) is 43.6 Å². The molecule has 0 unspecified atom stereocenters. The SMILES string of the molecule is CC(C)C[C@H](NC(=O)[C@H](Cc1ccc(OP(=O)(O)O)cc1)NC(=O)c1ccc(C#N)cc1)C(=O)Cc1ccc(C(=O)NCc2ccccc2)c(-c2ccc(C(N)=O)cc2)c1. The maximum Gasteiger partial charge on any atom is 0.524 e. The number of hydrogen-bond acceptors (Lipinski definition) is 8. The van der Waals surface area contributed by atoms with Crippen LogP contribution in [0.1, 0.15) is 73.6 Å². The number of hydrogen-bond donors (Lipinski definition) is 6. The predicted molar refractivity (Wildman–Crippen MR) is 223 cm³/mol. The summed E-state index contributed by atoms with van der Waals surface area (Å²) in [4.78, 5) is 85.3. The highest BCUT2D eigenvalue weighted by Crippen LogP contribution is 2.37. The first-order valence-corrected chi connectivity index (χ1v) is 20.4. The van der Waals surface area contributed by atoms with E-state index >= 15 is 0 Å². The van der Waals surface area contributed by atoms with E-state index < -0.39 is 37.6 Å². The second-order valence-electron chi connectivity index (χ2n) is 14.5. The molecular formula is C45H44N5O9P. The number of phosphoric acid groups is 1. The molecule has 0 bridgehead atoms. The van der Waals surface area contributed by atoms with Crippen LogP contribution in [-0.4, -0.2) is 51.3 Å². The molecule has 15 heteroatoms. The van der Waals surface area contributed by atoms with Crippen LogP contribution in [-0.2, 0) is 33.5 Å². The third-order valence-electron chi connectivity index (χ3n) is 9.38. The van der Waals surface area contributed by atoms with Crippen LogP contribution in [0.25, 0.3) is 11.1 Å². The molecule has 0 fully saturated rings. The fourth-order valence-corrected chi connectivity index (χ4v) is 6.77. The Morgan fingerprint density at radius 2 is 1.38 bits per heavy atom. The second-order valence-corrected chi connectivity index (χ2v) is 15.6. The van der Waals surface area contributed by atoms with Crippen LogP contribution in [0.3, 0.4) is 0 Å². The Bertz CT molecular complexity index is 2430. The number of carbonyl (C=O) groups is 5. The smallest absolute Gasteiger partial charge is 0.404 e. The summed E-state index contributed by atoms with van der Waals surface area (Å²) in [6.07, 6.45) is 0.0638. The summed E-state index contributed by atoms with van der Waals surface area (Å²) < 4.78 is 15.9. The molecule has 5 aromatic rings. The van der Waals surface area contributed by atoms with E-state index in [0.717, 1.165) is 5.56 Å². The summed E-state index contributed by atoms with van der Waals surface area (Å²) in [6, 6.07) is 32.1. The fourth-order valence-electron chi connectivity index (χ4n) is 6.37. The van der Waals surface area contributed by atoms with Crippen LogP contribution in [0.5, 0.6) is 5.75 Å². The molecule has 0 aromatic heterocycles. The summed E-state index contributed by atoms with van der Waals surface area (Å²) in [5, 5.41) is 17.7. The van der Waals surface area contributed by atoms with E-state index in [-0.39, 0.29) is 60.3 Å². The Morgan fingerprint density at radius 3 is 1.98 bits per heavy atom. The Labute approximate surface area is 347 Å². The van der Waals surface area contributed by atoms with E-state index in [2.05, 4.69) is 20.5 Å². The van der Waals surface area contributed by atoms with Gasteiger partial charge in [0.05, 0.1) is 17.7 Å². The van der Waals surface area contributed by atoms with Gasteiger partial charge in [0.1, 0.15) is 11.8 Å². The van der Waals surface area contributed by atoms with Crippen molar-refractivity contribution in [1.29, 1.82) is 5.26 Å². The Hall–Kier alpha value is -6.91. The van der Waals surface area contributed by atoms with Gasteiger partial charge in [0.15, 0.2) is 5.78 Å². The van der Waals surface area contributed by atoms with Crippen molar-refractivity contribution < 1.29 is 42.8 Å². The quantitative estimate of drug-likeness (QED) is 0.0614. The Morgan fingerprint density at radius 1 is 0.750 bits per heavy atom. The van der Waals surface area contributed by atoms with E-state index in [1.165, 1.54) is 48.5 Å². The summed E-state index contributed by atoms with van der Waals surface area (Å²) >= 11 is 0. The minimum Gasteiger partial charge on any atom is -0.404 e. The van der Waals surface area contributed by atoms with Crippen LogP contribution in [0.15, 0.2) is 121 Å². The van der Waals surface area contributed by atoms with Gasteiger partial charge in [-0.1, -0.05) is 74.5 Å². The predicted octanol–water partition coefficient (Wildman–Crippen LogP) is 5.41. The number of rotatable bonds is 18. The third kappa shape index (κ3) is 12.8. The monoisotopic (exact) mass is 829 g/mol. The first-order valence-electron chi connectivity index (χ1n) is 18.9. The first-order chi connectivity index (χ1) is 28.6. The summed E-state index contributed by atoms with van der Waals surface area (Å²) in [6.45, 7) is 4.07. The van der Waals surface area contributed by atoms with Crippen molar-refractivity contribution >= 4 is 37.2 Å². The van der Waals surface area contributed by atoms with Crippen molar-refractivity contribution in [2.75, 3.05) is 0 Å². The number of nitriles is 1. The minimum atomic E-state index is -4.82. The maximum absolute atomic E-state index is 14.1. The Kier molecular flexibility index (Phi) is 14.9. The number of nitrogens with one attached hydrogen (secondary N) is 3. The molecule has 0 radical (unpaired) electrons. The molecule has 0 aliphatic heterocycles. The van der Waals surface area contributed by atoms with Gasteiger partial charge < -0.3 is 26.2 Å². The second kappa shape index (κ2) is 20.2. The number of ketones is 1.